The van der Waals surface area contributed by atoms with Crippen LogP contribution in [0.4, 0.5) is 0 Å². The number of rotatable bonds is 9. The first-order valence-electron chi connectivity index (χ1n) is 12.6. The van der Waals surface area contributed by atoms with Gasteiger partial charge < -0.3 is 16.0 Å². The largest absolute Gasteiger partial charge is 0.357 e. The first kappa shape index (κ1) is 29.6. The Balaban J connectivity index is 1.97. The third-order valence-corrected chi connectivity index (χ3v) is 7.46. The lowest BCUT2D eigenvalue weighted by Crippen LogP contribution is -2.46. The Morgan fingerprint density at radius 1 is 1.02 bits per heavy atom. The molecule has 40 heavy (non-hydrogen) atoms. The van der Waals surface area contributed by atoms with E-state index in [4.69, 9.17) is 45.5 Å². The van der Waals surface area contributed by atoms with Crippen molar-refractivity contribution in [2.45, 2.75) is 25.9 Å². The minimum Gasteiger partial charge on any atom is -0.357 e. The summed E-state index contributed by atoms with van der Waals surface area (Å²) in [6.45, 7) is 2.37. The van der Waals surface area contributed by atoms with Crippen LogP contribution in [0.2, 0.25) is 15.1 Å². The van der Waals surface area contributed by atoms with Crippen LogP contribution in [-0.4, -0.2) is 46.4 Å². The molecular formula is C29H28Cl3N5O3. The van der Waals surface area contributed by atoms with E-state index in [0.29, 0.717) is 43.5 Å². The van der Waals surface area contributed by atoms with Crippen LogP contribution in [0.15, 0.2) is 65.5 Å². The van der Waals surface area contributed by atoms with E-state index in [1.54, 1.807) is 48.5 Å². The molecule has 208 valence electrons. The molecule has 0 aliphatic rings. The monoisotopic (exact) mass is 599 g/mol. The van der Waals surface area contributed by atoms with E-state index in [9.17, 15) is 14.4 Å². The molecule has 0 aliphatic heterocycles. The van der Waals surface area contributed by atoms with Gasteiger partial charge in [0.15, 0.2) is 6.04 Å². The second-order valence-corrected chi connectivity index (χ2v) is 10.5. The highest BCUT2D eigenvalue weighted by Gasteiger charge is 2.35. The number of hydrogen-bond donors (Lipinski definition) is 2. The van der Waals surface area contributed by atoms with E-state index in [0.717, 1.165) is 5.56 Å². The average molecular weight is 601 g/mol. The number of nitrogens with two attached hydrogens (primary N) is 1. The average Bonchev–Trinajstić information content (AvgIpc) is 2.94. The highest BCUT2D eigenvalue weighted by atomic mass is 35.5. The molecule has 4 aromatic rings. The highest BCUT2D eigenvalue weighted by molar-refractivity contribution is 6.42. The van der Waals surface area contributed by atoms with Gasteiger partial charge in [-0.2, -0.15) is 0 Å². The van der Waals surface area contributed by atoms with Crippen molar-refractivity contribution >= 4 is 57.5 Å². The highest BCUT2D eigenvalue weighted by Crippen LogP contribution is 2.27. The molecule has 1 atom stereocenters. The molecule has 0 radical (unpaired) electrons. The van der Waals surface area contributed by atoms with Crippen molar-refractivity contribution in [1.82, 2.24) is 19.8 Å². The SMILES string of the molecule is CNC(=O)C(c1nc2cc(Cl)ccc2c(=O)n1Cc1ccc(Cl)c(Cl)c1)N(CCCN)C(=O)c1ccc(C)cc1. The lowest BCUT2D eigenvalue weighted by atomic mass is 10.1. The lowest BCUT2D eigenvalue weighted by Gasteiger charge is -2.32. The van der Waals surface area contributed by atoms with Gasteiger partial charge in [0.2, 0.25) is 5.91 Å². The quantitative estimate of drug-likeness (QED) is 0.281. The molecule has 0 aliphatic carbocycles. The summed E-state index contributed by atoms with van der Waals surface area (Å²) in [4.78, 5) is 47.5. The van der Waals surface area contributed by atoms with Crippen molar-refractivity contribution in [3.63, 3.8) is 0 Å². The second kappa shape index (κ2) is 12.8. The number of benzene rings is 3. The maximum atomic E-state index is 13.9. The number of amides is 2. The Hall–Kier alpha value is -3.43. The number of likely N-dealkylation sites (N-methyl/N-ethyl adjacent to an activating group) is 1. The van der Waals surface area contributed by atoms with Gasteiger partial charge in [-0.1, -0.05) is 58.6 Å². The molecular weight excluding hydrogens is 573 g/mol. The van der Waals surface area contributed by atoms with Crippen molar-refractivity contribution in [3.05, 3.63) is 109 Å². The van der Waals surface area contributed by atoms with Crippen molar-refractivity contribution in [3.8, 4) is 0 Å². The molecule has 0 bridgehead atoms. The van der Waals surface area contributed by atoms with Gasteiger partial charge in [-0.15, -0.1) is 0 Å². The third kappa shape index (κ3) is 6.31. The second-order valence-electron chi connectivity index (χ2n) is 9.29. The maximum absolute atomic E-state index is 13.9. The summed E-state index contributed by atoms with van der Waals surface area (Å²) in [6.07, 6.45) is 0.418. The van der Waals surface area contributed by atoms with Crippen LogP contribution in [-0.2, 0) is 11.3 Å². The van der Waals surface area contributed by atoms with Gasteiger partial charge in [-0.25, -0.2) is 4.98 Å². The van der Waals surface area contributed by atoms with E-state index in [2.05, 4.69) is 5.32 Å². The summed E-state index contributed by atoms with van der Waals surface area (Å²) in [7, 11) is 1.46. The minimum atomic E-state index is -1.26. The number of nitrogens with one attached hydrogen (secondary N) is 1. The fraction of sp³-hybridized carbons (Fsp3) is 0.241. The number of hydrogen-bond acceptors (Lipinski definition) is 5. The maximum Gasteiger partial charge on any atom is 0.261 e. The molecule has 11 heteroatoms. The first-order valence-corrected chi connectivity index (χ1v) is 13.7. The zero-order chi connectivity index (χ0) is 29.0. The van der Waals surface area contributed by atoms with Crippen LogP contribution >= 0.6 is 34.8 Å². The molecule has 0 fully saturated rings. The van der Waals surface area contributed by atoms with Gasteiger partial charge in [-0.3, -0.25) is 19.0 Å². The zero-order valence-electron chi connectivity index (χ0n) is 22.0. The van der Waals surface area contributed by atoms with Crippen LogP contribution in [0.1, 0.15) is 39.8 Å². The molecule has 0 saturated heterocycles. The van der Waals surface area contributed by atoms with Crippen LogP contribution in [0.3, 0.4) is 0 Å². The van der Waals surface area contributed by atoms with Crippen molar-refractivity contribution in [1.29, 1.82) is 0 Å². The molecule has 1 heterocycles. The topological polar surface area (TPSA) is 110 Å². The Kier molecular flexibility index (Phi) is 9.48. The van der Waals surface area contributed by atoms with Crippen molar-refractivity contribution in [2.24, 2.45) is 5.73 Å². The molecule has 8 nitrogen and oxygen atoms in total. The summed E-state index contributed by atoms with van der Waals surface area (Å²) >= 11 is 18.6. The number of carbonyl (C=O) groups excluding carboxylic acids is 2. The number of aromatic nitrogens is 2. The molecule has 1 aromatic heterocycles. The van der Waals surface area contributed by atoms with Crippen molar-refractivity contribution in [2.75, 3.05) is 20.1 Å². The predicted molar refractivity (Wildman–Crippen MR) is 159 cm³/mol. The van der Waals surface area contributed by atoms with Crippen LogP contribution < -0.4 is 16.6 Å². The summed E-state index contributed by atoms with van der Waals surface area (Å²) in [5.74, 6) is -0.847. The number of carbonyl (C=O) groups is 2. The van der Waals surface area contributed by atoms with Crippen molar-refractivity contribution < 1.29 is 9.59 Å². The van der Waals surface area contributed by atoms with E-state index < -0.39 is 23.4 Å². The summed E-state index contributed by atoms with van der Waals surface area (Å²) < 4.78 is 1.38. The molecule has 0 spiro atoms. The standard InChI is InChI=1S/C29H28Cl3N5O3/c1-17-4-7-19(8-5-17)28(39)36(13-3-12-33)25(27(38)34-2)26-35-24-15-20(30)9-10-21(24)29(40)37(26)16-18-6-11-22(31)23(32)14-18/h4-11,14-15,25H,3,12-13,16,33H2,1-2H3,(H,34,38). The third-order valence-electron chi connectivity index (χ3n) is 6.49. The lowest BCUT2D eigenvalue weighted by molar-refractivity contribution is -0.125. The zero-order valence-corrected chi connectivity index (χ0v) is 24.2. The van der Waals surface area contributed by atoms with Crippen LogP contribution in [0, 0.1) is 6.92 Å². The van der Waals surface area contributed by atoms with E-state index in [-0.39, 0.29) is 25.5 Å². The summed E-state index contributed by atoms with van der Waals surface area (Å²) in [6, 6.07) is 15.5. The van der Waals surface area contributed by atoms with E-state index in [1.807, 2.05) is 19.1 Å². The normalized spacial score (nSPS) is 11.8. The molecule has 3 N–H and O–H groups in total. The Bertz CT molecular complexity index is 1620. The van der Waals surface area contributed by atoms with Gasteiger partial charge in [0.05, 0.1) is 27.5 Å². The number of aryl methyl sites for hydroxylation is 1. The van der Waals surface area contributed by atoms with Gasteiger partial charge >= 0.3 is 0 Å². The van der Waals surface area contributed by atoms with E-state index in [1.165, 1.54) is 16.5 Å². The fourth-order valence-electron chi connectivity index (χ4n) is 4.40. The summed E-state index contributed by atoms with van der Waals surface area (Å²) in [5, 5.41) is 4.00. The first-order chi connectivity index (χ1) is 19.1. The molecule has 3 aromatic carbocycles. The molecule has 2 amide bonds. The van der Waals surface area contributed by atoms with Gasteiger partial charge in [0, 0.05) is 24.2 Å². The van der Waals surface area contributed by atoms with Crippen LogP contribution in [0.25, 0.3) is 10.9 Å². The molecule has 4 rings (SSSR count). The molecule has 1 unspecified atom stereocenters. The fourth-order valence-corrected chi connectivity index (χ4v) is 4.89. The van der Waals surface area contributed by atoms with Gasteiger partial charge in [-0.05, 0) is 67.9 Å². The smallest absolute Gasteiger partial charge is 0.261 e. The Morgan fingerprint density at radius 2 is 1.75 bits per heavy atom. The molecule has 0 saturated carbocycles. The Morgan fingerprint density at radius 3 is 2.40 bits per heavy atom. The Labute approximate surface area is 246 Å². The number of fused-ring (bicyclic) bond motifs is 1. The van der Waals surface area contributed by atoms with Gasteiger partial charge in [0.1, 0.15) is 5.82 Å². The van der Waals surface area contributed by atoms with Crippen LogP contribution in [0.5, 0.6) is 0 Å². The van der Waals surface area contributed by atoms with Gasteiger partial charge in [0.25, 0.3) is 11.5 Å². The number of nitrogens with zero attached hydrogens (tertiary/aromatic N) is 3. The number of halogens is 3. The van der Waals surface area contributed by atoms with E-state index >= 15 is 0 Å². The summed E-state index contributed by atoms with van der Waals surface area (Å²) in [5.41, 5.74) is 7.73. The predicted octanol–water partition coefficient (Wildman–Crippen LogP) is 4.99. The minimum absolute atomic E-state index is 0.0214.